The van der Waals surface area contributed by atoms with Gasteiger partial charge in [-0.3, -0.25) is 0 Å². The average Bonchev–Trinajstić information content (AvgIpc) is 2.97. The van der Waals surface area contributed by atoms with E-state index in [4.69, 9.17) is 18.9 Å². The van der Waals surface area contributed by atoms with Crippen LogP contribution in [0, 0.1) is 0 Å². The second kappa shape index (κ2) is 8.07. The normalized spacial score (nSPS) is 10.5. The zero-order valence-corrected chi connectivity index (χ0v) is 14.2. The Balaban J connectivity index is 2.69. The molecule has 0 atom stereocenters. The van der Waals surface area contributed by atoms with Gasteiger partial charge in [0.25, 0.3) is 6.08 Å². The quantitative estimate of drug-likeness (QED) is 0.545. The van der Waals surface area contributed by atoms with Crippen molar-refractivity contribution in [1.29, 1.82) is 0 Å². The summed E-state index contributed by atoms with van der Waals surface area (Å²) in [6.07, 6.45) is -1.21. The molecule has 24 heavy (non-hydrogen) atoms. The van der Waals surface area contributed by atoms with Crippen molar-refractivity contribution in [2.75, 3.05) is 27.6 Å². The third-order valence-electron chi connectivity index (χ3n) is 3.05. The molecule has 2 rings (SSSR count). The first-order valence-electron chi connectivity index (χ1n) is 6.97. The number of hydrogen-bond donors (Lipinski definition) is 0. The summed E-state index contributed by atoms with van der Waals surface area (Å²) in [5, 5.41) is 0.447. The highest BCUT2D eigenvalue weighted by atomic mass is 32.1. The molecule has 1 aromatic heterocycles. The first-order chi connectivity index (χ1) is 11.5. The fourth-order valence-electron chi connectivity index (χ4n) is 2.14. The minimum Gasteiger partial charge on any atom is -0.493 e. The maximum atomic E-state index is 12.9. The number of rotatable bonds is 7. The van der Waals surface area contributed by atoms with Crippen LogP contribution in [0.25, 0.3) is 16.2 Å². The second-order valence-corrected chi connectivity index (χ2v) is 5.63. The van der Waals surface area contributed by atoms with E-state index in [0.717, 1.165) is 11.3 Å². The fraction of sp³-hybridized carbons (Fsp3) is 0.312. The van der Waals surface area contributed by atoms with Crippen molar-refractivity contribution < 1.29 is 32.5 Å². The molecular formula is C16H16F2O5S. The maximum absolute atomic E-state index is 12.9. The Morgan fingerprint density at radius 2 is 2.04 bits per heavy atom. The molecule has 0 aliphatic rings. The number of carbonyl (C=O) groups is 1. The molecule has 0 aliphatic carbocycles. The summed E-state index contributed by atoms with van der Waals surface area (Å²) < 4.78 is 46.9. The number of methoxy groups -OCH3 is 2. The Morgan fingerprint density at radius 3 is 2.62 bits per heavy atom. The number of thiophene rings is 1. The predicted octanol–water partition coefficient (Wildman–Crippen LogP) is 4.31. The third-order valence-corrected chi connectivity index (χ3v) is 4.11. The van der Waals surface area contributed by atoms with Gasteiger partial charge in [0.1, 0.15) is 4.88 Å². The second-order valence-electron chi connectivity index (χ2n) is 4.55. The third kappa shape index (κ3) is 3.82. The number of fused-ring (bicyclic) bond motifs is 1. The molecule has 0 saturated carbocycles. The highest BCUT2D eigenvalue weighted by Crippen LogP contribution is 2.42. The van der Waals surface area contributed by atoms with Crippen molar-refractivity contribution in [3.63, 3.8) is 0 Å². The lowest BCUT2D eigenvalue weighted by Gasteiger charge is -2.13. The van der Waals surface area contributed by atoms with Crippen molar-refractivity contribution in [3.05, 3.63) is 28.7 Å². The van der Waals surface area contributed by atoms with Crippen molar-refractivity contribution >= 4 is 33.5 Å². The highest BCUT2D eigenvalue weighted by molar-refractivity contribution is 7.20. The average molecular weight is 358 g/mol. The van der Waals surface area contributed by atoms with E-state index in [1.807, 2.05) is 0 Å². The van der Waals surface area contributed by atoms with Crippen LogP contribution in [0.3, 0.4) is 0 Å². The smallest absolute Gasteiger partial charge is 0.348 e. The Kier molecular flexibility index (Phi) is 6.10. The summed E-state index contributed by atoms with van der Waals surface area (Å²) in [5.74, 6) is -0.121. The topological polar surface area (TPSA) is 54.0 Å². The maximum Gasteiger partial charge on any atom is 0.348 e. The zero-order chi connectivity index (χ0) is 17.7. The molecule has 0 N–H and O–H groups in total. The molecule has 1 aromatic carbocycles. The molecule has 1 heterocycles. The van der Waals surface area contributed by atoms with Gasteiger partial charge in [0, 0.05) is 34.9 Å². The first-order valence-corrected chi connectivity index (χ1v) is 7.79. The van der Waals surface area contributed by atoms with Gasteiger partial charge in [0.05, 0.1) is 13.7 Å². The van der Waals surface area contributed by atoms with Crippen molar-refractivity contribution in [2.24, 2.45) is 0 Å². The van der Waals surface area contributed by atoms with Gasteiger partial charge in [-0.05, 0) is 13.0 Å². The molecular weight excluding hydrogens is 342 g/mol. The van der Waals surface area contributed by atoms with Crippen molar-refractivity contribution in [1.82, 2.24) is 0 Å². The molecule has 5 nitrogen and oxygen atoms in total. The Morgan fingerprint density at radius 1 is 1.29 bits per heavy atom. The van der Waals surface area contributed by atoms with E-state index in [2.05, 4.69) is 0 Å². The van der Waals surface area contributed by atoms with E-state index in [1.165, 1.54) is 20.3 Å². The first kappa shape index (κ1) is 18.2. The van der Waals surface area contributed by atoms with Crippen LogP contribution < -0.4 is 9.47 Å². The number of carbonyl (C=O) groups excluding carboxylic acids is 1. The van der Waals surface area contributed by atoms with E-state index in [9.17, 15) is 13.6 Å². The van der Waals surface area contributed by atoms with Gasteiger partial charge in [-0.2, -0.15) is 8.78 Å². The summed E-state index contributed by atoms with van der Waals surface area (Å²) in [5.41, 5.74) is 0.119. The van der Waals surface area contributed by atoms with Gasteiger partial charge in [0.2, 0.25) is 0 Å². The molecule has 2 aromatic rings. The standard InChI is InChI=1S/C16H16F2O5S/c1-4-22-16(19)13-5-9-10(6-14(17)18)15(23-8-20-2)11(21-3)7-12(9)24-13/h5-7H,4,8H2,1-3H3. The van der Waals surface area contributed by atoms with Gasteiger partial charge in [-0.1, -0.05) is 0 Å². The number of hydrogen-bond acceptors (Lipinski definition) is 6. The van der Waals surface area contributed by atoms with E-state index in [1.54, 1.807) is 13.0 Å². The molecule has 0 unspecified atom stereocenters. The summed E-state index contributed by atoms with van der Waals surface area (Å²) in [7, 11) is 2.82. The van der Waals surface area contributed by atoms with E-state index in [-0.39, 0.29) is 30.5 Å². The summed E-state index contributed by atoms with van der Waals surface area (Å²) in [4.78, 5) is 12.2. The van der Waals surface area contributed by atoms with Gasteiger partial charge >= 0.3 is 5.97 Å². The summed E-state index contributed by atoms with van der Waals surface area (Å²) >= 11 is 1.13. The molecule has 8 heteroatoms. The molecule has 0 amide bonds. The molecule has 0 saturated heterocycles. The summed E-state index contributed by atoms with van der Waals surface area (Å²) in [6, 6.07) is 3.13. The minimum absolute atomic E-state index is 0.118. The van der Waals surface area contributed by atoms with Gasteiger partial charge < -0.3 is 18.9 Å². The highest BCUT2D eigenvalue weighted by Gasteiger charge is 2.20. The van der Waals surface area contributed by atoms with E-state index >= 15 is 0 Å². The van der Waals surface area contributed by atoms with Crippen LogP contribution in [0.4, 0.5) is 8.78 Å². The predicted molar refractivity (Wildman–Crippen MR) is 87.0 cm³/mol. The van der Waals surface area contributed by atoms with Crippen molar-refractivity contribution in [2.45, 2.75) is 6.92 Å². The SMILES string of the molecule is CCOC(=O)c1cc2c(C=C(F)F)c(OCOC)c(OC)cc2s1. The van der Waals surface area contributed by atoms with Crippen LogP contribution in [0.15, 0.2) is 18.2 Å². The fourth-order valence-corrected chi connectivity index (χ4v) is 3.14. The van der Waals surface area contributed by atoms with Crippen LogP contribution >= 0.6 is 11.3 Å². The van der Waals surface area contributed by atoms with Gasteiger partial charge in [0.15, 0.2) is 18.3 Å². The van der Waals surface area contributed by atoms with E-state index in [0.29, 0.717) is 21.0 Å². The summed E-state index contributed by atoms with van der Waals surface area (Å²) in [6.45, 7) is 1.79. The van der Waals surface area contributed by atoms with Crippen LogP contribution in [-0.4, -0.2) is 33.6 Å². The van der Waals surface area contributed by atoms with Crippen LogP contribution in [0.5, 0.6) is 11.5 Å². The molecule has 0 radical (unpaired) electrons. The van der Waals surface area contributed by atoms with Gasteiger partial charge in [-0.15, -0.1) is 11.3 Å². The number of benzene rings is 1. The minimum atomic E-state index is -1.89. The monoisotopic (exact) mass is 358 g/mol. The number of esters is 1. The molecule has 0 fully saturated rings. The lowest BCUT2D eigenvalue weighted by molar-refractivity contribution is 0.0490. The Labute approximate surface area is 141 Å². The Hall–Kier alpha value is -2.19. The van der Waals surface area contributed by atoms with Crippen LogP contribution in [0.2, 0.25) is 0 Å². The number of ether oxygens (including phenoxy) is 4. The number of halogens is 2. The Bertz CT molecular complexity index is 765. The largest absolute Gasteiger partial charge is 0.493 e. The van der Waals surface area contributed by atoms with Gasteiger partial charge in [-0.25, -0.2) is 4.79 Å². The van der Waals surface area contributed by atoms with Crippen LogP contribution in [0.1, 0.15) is 22.2 Å². The van der Waals surface area contributed by atoms with E-state index < -0.39 is 12.0 Å². The van der Waals surface area contributed by atoms with Crippen molar-refractivity contribution in [3.8, 4) is 11.5 Å². The zero-order valence-electron chi connectivity index (χ0n) is 13.4. The molecule has 0 spiro atoms. The lowest BCUT2D eigenvalue weighted by Crippen LogP contribution is -2.02. The lowest BCUT2D eigenvalue weighted by atomic mass is 10.1. The van der Waals surface area contributed by atoms with Crippen LogP contribution in [-0.2, 0) is 9.47 Å². The molecule has 0 aliphatic heterocycles. The molecule has 0 bridgehead atoms. The molecule has 130 valence electrons.